The SMILES string of the molecule is CCCCC(=O)CC(=O)N(C(C)CC)C(C)CC.CCCCC(=O)CC(=O)N(C(C)CC)C(C)CC.CCCCC(=O)CC(=O)N(C(C)CC)C(C)CC.[Fe+3]. The van der Waals surface area contributed by atoms with E-state index in [1.54, 1.807) is 0 Å². The van der Waals surface area contributed by atoms with Crippen molar-refractivity contribution in [1.29, 1.82) is 0 Å². The van der Waals surface area contributed by atoms with Crippen molar-refractivity contribution in [2.24, 2.45) is 0 Å². The van der Waals surface area contributed by atoms with E-state index >= 15 is 0 Å². The molecular weight excluding hydrogens is 734 g/mol. The number of hydrogen-bond acceptors (Lipinski definition) is 6. The molecule has 0 saturated carbocycles. The van der Waals surface area contributed by atoms with E-state index in [2.05, 4.69) is 104 Å². The molecule has 6 atom stereocenters. The van der Waals surface area contributed by atoms with Crippen LogP contribution in [0.2, 0.25) is 0 Å². The van der Waals surface area contributed by atoms with Crippen LogP contribution in [0.1, 0.15) is 219 Å². The van der Waals surface area contributed by atoms with Gasteiger partial charge >= 0.3 is 17.1 Å². The quantitative estimate of drug-likeness (QED) is 0.0602. The molecule has 0 saturated heterocycles. The number of carbonyl (C=O) groups is 6. The monoisotopic (exact) mass is 822 g/mol. The molecule has 323 valence electrons. The van der Waals surface area contributed by atoms with Gasteiger partial charge in [0.25, 0.3) is 0 Å². The van der Waals surface area contributed by atoms with Crippen LogP contribution < -0.4 is 0 Å². The Hall–Kier alpha value is -2.06. The van der Waals surface area contributed by atoms with Gasteiger partial charge in [0.2, 0.25) is 17.7 Å². The Morgan fingerprint density at radius 3 is 0.636 bits per heavy atom. The van der Waals surface area contributed by atoms with Gasteiger partial charge < -0.3 is 14.7 Å². The minimum atomic E-state index is -0.000182. The number of unbranched alkanes of at least 4 members (excludes halogenated alkanes) is 3. The van der Waals surface area contributed by atoms with Gasteiger partial charge in [-0.15, -0.1) is 0 Å². The van der Waals surface area contributed by atoms with Gasteiger partial charge in [-0.3, -0.25) is 28.8 Å². The Kier molecular flexibility index (Phi) is 39.3. The van der Waals surface area contributed by atoms with E-state index < -0.39 is 0 Å². The molecule has 0 aromatic carbocycles. The van der Waals surface area contributed by atoms with Crippen molar-refractivity contribution in [3.8, 4) is 0 Å². The summed E-state index contributed by atoms with van der Waals surface area (Å²) in [5.74, 6) is 0.245. The number of carbonyl (C=O) groups excluding carboxylic acids is 6. The van der Waals surface area contributed by atoms with Gasteiger partial charge in [-0.2, -0.15) is 0 Å². The summed E-state index contributed by atoms with van der Waals surface area (Å²) in [6.45, 7) is 31.0. The largest absolute Gasteiger partial charge is 3.00 e. The second kappa shape index (κ2) is 36.3. The van der Waals surface area contributed by atoms with Gasteiger partial charge in [0.05, 0.1) is 19.3 Å². The predicted molar refractivity (Wildman–Crippen MR) is 227 cm³/mol. The number of hydrogen-bond donors (Lipinski definition) is 0. The molecule has 9 nitrogen and oxygen atoms in total. The maximum absolute atomic E-state index is 12.2. The molecule has 0 rings (SSSR count). The first-order valence-corrected chi connectivity index (χ1v) is 21.9. The Morgan fingerprint density at radius 2 is 0.509 bits per heavy atom. The smallest absolute Gasteiger partial charge is 0.337 e. The molecule has 0 aromatic rings. The van der Waals surface area contributed by atoms with Crippen LogP contribution >= 0.6 is 0 Å². The van der Waals surface area contributed by atoms with E-state index in [0.717, 1.165) is 77.0 Å². The van der Waals surface area contributed by atoms with Crippen molar-refractivity contribution in [2.75, 3.05) is 0 Å². The third-order valence-corrected chi connectivity index (χ3v) is 10.7. The minimum absolute atomic E-state index is 0. The first-order chi connectivity index (χ1) is 25.4. The average Bonchev–Trinajstić information content (AvgIpc) is 3.15. The molecule has 55 heavy (non-hydrogen) atoms. The minimum Gasteiger partial charge on any atom is -0.337 e. The third-order valence-electron chi connectivity index (χ3n) is 10.7. The molecule has 0 bridgehead atoms. The van der Waals surface area contributed by atoms with Crippen LogP contribution in [-0.2, 0) is 45.8 Å². The summed E-state index contributed by atoms with van der Waals surface area (Å²) in [6.07, 6.45) is 13.1. The molecule has 6 unspecified atom stereocenters. The maximum Gasteiger partial charge on any atom is 3.00 e. The van der Waals surface area contributed by atoms with Gasteiger partial charge in [0.15, 0.2) is 0 Å². The number of ketones is 3. The van der Waals surface area contributed by atoms with Crippen LogP contribution in [0, 0.1) is 0 Å². The Bertz CT molecular complexity index is 895. The maximum atomic E-state index is 12.2. The van der Waals surface area contributed by atoms with Gasteiger partial charge in [0.1, 0.15) is 17.3 Å². The first-order valence-electron chi connectivity index (χ1n) is 21.9. The second-order valence-electron chi connectivity index (χ2n) is 15.4. The molecule has 0 heterocycles. The normalized spacial score (nSPS) is 13.8. The van der Waals surface area contributed by atoms with Crippen LogP contribution in [0.4, 0.5) is 0 Å². The van der Waals surface area contributed by atoms with Crippen molar-refractivity contribution < 1.29 is 45.8 Å². The summed E-state index contributed by atoms with van der Waals surface area (Å²) < 4.78 is 0. The molecule has 1 radical (unpaired) electrons. The molecule has 0 aliphatic carbocycles. The zero-order valence-electron chi connectivity index (χ0n) is 38.3. The fourth-order valence-corrected chi connectivity index (χ4v) is 6.13. The van der Waals surface area contributed by atoms with E-state index in [-0.39, 0.29) is 108 Å². The summed E-state index contributed by atoms with van der Waals surface area (Å²) in [5, 5.41) is 0. The summed E-state index contributed by atoms with van der Waals surface area (Å²) in [6, 6.07) is 1.29. The van der Waals surface area contributed by atoms with Crippen LogP contribution in [0.5, 0.6) is 0 Å². The van der Waals surface area contributed by atoms with Gasteiger partial charge in [-0.05, 0) is 99.3 Å². The van der Waals surface area contributed by atoms with E-state index in [9.17, 15) is 28.8 Å². The standard InChI is InChI=1S/3C15H29NO2.Fe/c3*1-6-9-10-14(17)11-15(18)16(12(4)7-2)13(5)8-3;/h3*12-13H,6-11H2,1-5H3;/q;;;+3. The first kappa shape index (κ1) is 59.6. The molecular formula is C45H87FeN3O6+3. The summed E-state index contributed by atoms with van der Waals surface area (Å²) in [4.78, 5) is 77.4. The molecule has 0 N–H and O–H groups in total. The average molecular weight is 822 g/mol. The van der Waals surface area contributed by atoms with Crippen LogP contribution in [-0.4, -0.2) is 86.0 Å². The van der Waals surface area contributed by atoms with E-state index in [1.165, 1.54) is 0 Å². The number of nitrogens with zero attached hydrogens (tertiary/aromatic N) is 3. The summed E-state index contributed by atoms with van der Waals surface area (Å²) >= 11 is 0. The molecule has 10 heteroatoms. The molecule has 0 aliphatic heterocycles. The topological polar surface area (TPSA) is 112 Å². The molecule has 0 aliphatic rings. The van der Waals surface area contributed by atoms with Crippen molar-refractivity contribution in [2.45, 2.75) is 256 Å². The van der Waals surface area contributed by atoms with E-state index in [0.29, 0.717) is 19.3 Å². The summed E-state index contributed by atoms with van der Waals surface area (Å²) in [5.41, 5.74) is 0. The molecule has 0 fully saturated rings. The molecule has 0 spiro atoms. The zero-order chi connectivity index (χ0) is 42.4. The Labute approximate surface area is 350 Å². The van der Waals surface area contributed by atoms with Crippen molar-refractivity contribution >= 4 is 35.1 Å². The van der Waals surface area contributed by atoms with Crippen LogP contribution in [0.15, 0.2) is 0 Å². The Balaban J connectivity index is -0.000000351. The van der Waals surface area contributed by atoms with Gasteiger partial charge in [-0.25, -0.2) is 0 Å². The van der Waals surface area contributed by atoms with Crippen molar-refractivity contribution in [1.82, 2.24) is 14.7 Å². The van der Waals surface area contributed by atoms with E-state index in [1.807, 2.05) is 14.7 Å². The number of rotatable bonds is 27. The van der Waals surface area contributed by atoms with Crippen molar-refractivity contribution in [3.05, 3.63) is 0 Å². The Morgan fingerprint density at radius 1 is 0.345 bits per heavy atom. The fraction of sp³-hybridized carbons (Fsp3) is 0.867. The summed E-state index contributed by atoms with van der Waals surface area (Å²) in [7, 11) is 0. The fourth-order valence-electron chi connectivity index (χ4n) is 6.13. The number of amides is 3. The van der Waals surface area contributed by atoms with E-state index in [4.69, 9.17) is 0 Å². The third kappa shape index (κ3) is 26.5. The van der Waals surface area contributed by atoms with Gasteiger partial charge in [-0.1, -0.05) is 81.6 Å². The van der Waals surface area contributed by atoms with Gasteiger partial charge in [0, 0.05) is 55.5 Å². The molecule has 0 aromatic heterocycles. The second-order valence-corrected chi connectivity index (χ2v) is 15.4. The zero-order valence-corrected chi connectivity index (χ0v) is 39.4. The van der Waals surface area contributed by atoms with Crippen molar-refractivity contribution in [3.63, 3.8) is 0 Å². The van der Waals surface area contributed by atoms with Crippen LogP contribution in [0.25, 0.3) is 0 Å². The predicted octanol–water partition coefficient (Wildman–Crippen LogP) is 10.7. The molecule has 3 amide bonds. The van der Waals surface area contributed by atoms with Crippen LogP contribution in [0.3, 0.4) is 0 Å². The number of Topliss-reactive ketones (excluding diaryl/α,β-unsaturated/α-hetero) is 3.